The maximum absolute atomic E-state index is 12.2. The lowest BCUT2D eigenvalue weighted by Gasteiger charge is -2.03. The summed E-state index contributed by atoms with van der Waals surface area (Å²) in [6.45, 7) is 2.17. The Morgan fingerprint density at radius 3 is 2.84 bits per heavy atom. The van der Waals surface area contributed by atoms with Gasteiger partial charge in [-0.25, -0.2) is 0 Å². The minimum atomic E-state index is -0.378. The van der Waals surface area contributed by atoms with Gasteiger partial charge in [0.05, 0.1) is 17.2 Å². The number of amides is 1. The zero-order chi connectivity index (χ0) is 18.2. The van der Waals surface area contributed by atoms with Crippen molar-refractivity contribution in [3.63, 3.8) is 0 Å². The summed E-state index contributed by atoms with van der Waals surface area (Å²) in [7, 11) is 0. The number of hydrogen-bond donors (Lipinski definition) is 1. The van der Waals surface area contributed by atoms with Crippen LogP contribution in [0.5, 0.6) is 0 Å². The normalized spacial score (nSPS) is 10.5. The fraction of sp³-hybridized carbons (Fsp3) is 0.333. The molecular formula is C15H15Cl2N3O3S2. The molecule has 0 atom stereocenters. The number of halogens is 2. The summed E-state index contributed by atoms with van der Waals surface area (Å²) in [5.41, 5.74) is 0.310. The summed E-state index contributed by atoms with van der Waals surface area (Å²) in [6, 6.07) is 4.64. The van der Waals surface area contributed by atoms with Crippen molar-refractivity contribution in [2.45, 2.75) is 24.1 Å². The maximum Gasteiger partial charge on any atom is 0.305 e. The third-order valence-corrected chi connectivity index (χ3v) is 5.46. The van der Waals surface area contributed by atoms with Crippen LogP contribution in [0.2, 0.25) is 10.0 Å². The Balaban J connectivity index is 1.82. The molecule has 25 heavy (non-hydrogen) atoms. The van der Waals surface area contributed by atoms with Gasteiger partial charge in [-0.2, -0.15) is 0 Å². The predicted octanol–water partition coefficient (Wildman–Crippen LogP) is 4.53. The molecule has 0 spiro atoms. The van der Waals surface area contributed by atoms with Gasteiger partial charge in [0.2, 0.25) is 5.13 Å². The van der Waals surface area contributed by atoms with E-state index in [9.17, 15) is 9.59 Å². The number of thioether (sulfide) groups is 1. The van der Waals surface area contributed by atoms with Gasteiger partial charge >= 0.3 is 5.97 Å². The van der Waals surface area contributed by atoms with Crippen LogP contribution < -0.4 is 5.32 Å². The van der Waals surface area contributed by atoms with Crippen LogP contribution in [0.4, 0.5) is 5.13 Å². The van der Waals surface area contributed by atoms with E-state index in [-0.39, 0.29) is 16.9 Å². The standard InChI is InChI=1S/C15H15Cl2N3O3S2/c1-2-23-12(21)4-3-7-24-15-20-19-14(25-15)18-13(22)10-6-5-9(16)8-11(10)17/h5-6,8H,2-4,7H2,1H3,(H,18,19,22). The number of aromatic nitrogens is 2. The van der Waals surface area contributed by atoms with E-state index in [1.165, 1.54) is 29.2 Å². The largest absolute Gasteiger partial charge is 0.466 e. The van der Waals surface area contributed by atoms with Gasteiger partial charge in [-0.1, -0.05) is 46.3 Å². The molecule has 0 saturated heterocycles. The zero-order valence-electron chi connectivity index (χ0n) is 13.3. The molecule has 1 N–H and O–H groups in total. The number of nitrogens with zero attached hydrogens (tertiary/aromatic N) is 2. The van der Waals surface area contributed by atoms with E-state index in [4.69, 9.17) is 27.9 Å². The molecule has 10 heteroatoms. The molecule has 0 radical (unpaired) electrons. The highest BCUT2D eigenvalue weighted by Gasteiger charge is 2.14. The Hall–Kier alpha value is -1.35. The number of anilines is 1. The summed E-state index contributed by atoms with van der Waals surface area (Å²) in [5.74, 6) is 0.134. The summed E-state index contributed by atoms with van der Waals surface area (Å²) in [5, 5.41) is 11.7. The second-order valence-corrected chi connectivity index (χ2v) is 7.87. The highest BCUT2D eigenvalue weighted by molar-refractivity contribution is 8.01. The summed E-state index contributed by atoms with van der Waals surface area (Å²) in [4.78, 5) is 23.4. The van der Waals surface area contributed by atoms with Crippen LogP contribution >= 0.6 is 46.3 Å². The molecule has 0 bridgehead atoms. The van der Waals surface area contributed by atoms with E-state index >= 15 is 0 Å². The Labute approximate surface area is 163 Å². The molecule has 134 valence electrons. The maximum atomic E-state index is 12.2. The molecule has 1 aromatic heterocycles. The number of rotatable bonds is 8. The molecule has 2 aromatic rings. The number of carbonyl (C=O) groups excluding carboxylic acids is 2. The molecule has 0 saturated carbocycles. The lowest BCUT2D eigenvalue weighted by Crippen LogP contribution is -2.12. The van der Waals surface area contributed by atoms with Gasteiger partial charge in [0, 0.05) is 17.2 Å². The van der Waals surface area contributed by atoms with Crippen LogP contribution in [0.3, 0.4) is 0 Å². The first-order valence-electron chi connectivity index (χ1n) is 7.38. The first-order chi connectivity index (χ1) is 12.0. The van der Waals surface area contributed by atoms with Crippen LogP contribution in [0.15, 0.2) is 22.5 Å². The number of esters is 1. The lowest BCUT2D eigenvalue weighted by molar-refractivity contribution is -0.143. The Morgan fingerprint density at radius 1 is 1.32 bits per heavy atom. The molecule has 0 unspecified atom stereocenters. The van der Waals surface area contributed by atoms with Crippen LogP contribution in [0.1, 0.15) is 30.1 Å². The summed E-state index contributed by atoms with van der Waals surface area (Å²) in [6.07, 6.45) is 1.06. The van der Waals surface area contributed by atoms with E-state index in [0.717, 1.165) is 0 Å². The van der Waals surface area contributed by atoms with Gasteiger partial charge in [0.25, 0.3) is 5.91 Å². The van der Waals surface area contributed by atoms with E-state index in [1.807, 2.05) is 0 Å². The minimum Gasteiger partial charge on any atom is -0.466 e. The van der Waals surface area contributed by atoms with Crippen molar-refractivity contribution in [1.29, 1.82) is 0 Å². The van der Waals surface area contributed by atoms with Gasteiger partial charge in [-0.05, 0) is 31.5 Å². The number of hydrogen-bond acceptors (Lipinski definition) is 7. The van der Waals surface area contributed by atoms with Crippen LogP contribution in [0.25, 0.3) is 0 Å². The fourth-order valence-electron chi connectivity index (χ4n) is 1.77. The lowest BCUT2D eigenvalue weighted by atomic mass is 10.2. The van der Waals surface area contributed by atoms with Crippen molar-refractivity contribution in [1.82, 2.24) is 10.2 Å². The number of nitrogens with one attached hydrogen (secondary N) is 1. The third-order valence-electron chi connectivity index (χ3n) is 2.86. The molecule has 6 nitrogen and oxygen atoms in total. The first kappa shape index (κ1) is 20.0. The van der Waals surface area contributed by atoms with Crippen molar-refractivity contribution in [3.05, 3.63) is 33.8 Å². The Morgan fingerprint density at radius 2 is 2.12 bits per heavy atom. The van der Waals surface area contributed by atoms with E-state index in [0.29, 0.717) is 45.3 Å². The topological polar surface area (TPSA) is 81.2 Å². The van der Waals surface area contributed by atoms with Crippen molar-refractivity contribution >= 4 is 63.3 Å². The van der Waals surface area contributed by atoms with Gasteiger partial charge in [-0.15, -0.1) is 10.2 Å². The van der Waals surface area contributed by atoms with Gasteiger partial charge in [-0.3, -0.25) is 14.9 Å². The minimum absolute atomic E-state index is 0.201. The van der Waals surface area contributed by atoms with E-state index in [2.05, 4.69) is 15.5 Å². The smallest absolute Gasteiger partial charge is 0.305 e. The molecule has 1 aromatic carbocycles. The van der Waals surface area contributed by atoms with Crippen molar-refractivity contribution in [2.75, 3.05) is 17.7 Å². The zero-order valence-corrected chi connectivity index (χ0v) is 16.4. The highest BCUT2D eigenvalue weighted by atomic mass is 35.5. The molecule has 1 amide bonds. The quantitative estimate of drug-likeness (QED) is 0.292. The van der Waals surface area contributed by atoms with Crippen LogP contribution in [-0.4, -0.2) is 34.4 Å². The van der Waals surface area contributed by atoms with Crippen LogP contribution in [0, 0.1) is 0 Å². The molecule has 0 aliphatic rings. The molecule has 0 aliphatic heterocycles. The SMILES string of the molecule is CCOC(=O)CCCSc1nnc(NC(=O)c2ccc(Cl)cc2Cl)s1. The van der Waals surface area contributed by atoms with E-state index in [1.54, 1.807) is 19.1 Å². The molecule has 0 aliphatic carbocycles. The molecular weight excluding hydrogens is 405 g/mol. The first-order valence-corrected chi connectivity index (χ1v) is 9.93. The van der Waals surface area contributed by atoms with Crippen molar-refractivity contribution in [3.8, 4) is 0 Å². The molecule has 2 rings (SSSR count). The third kappa shape index (κ3) is 6.47. The van der Waals surface area contributed by atoms with Crippen LogP contribution in [-0.2, 0) is 9.53 Å². The average Bonchev–Trinajstić information content (AvgIpc) is 2.99. The summed E-state index contributed by atoms with van der Waals surface area (Å²) >= 11 is 14.6. The average molecular weight is 420 g/mol. The highest BCUT2D eigenvalue weighted by Crippen LogP contribution is 2.27. The number of carbonyl (C=O) groups is 2. The Kier molecular flexibility index (Phi) is 7.95. The second kappa shape index (κ2) is 9.96. The number of ether oxygens (including phenoxy) is 1. The summed E-state index contributed by atoms with van der Waals surface area (Å²) < 4.78 is 5.57. The van der Waals surface area contributed by atoms with Crippen molar-refractivity contribution in [2.24, 2.45) is 0 Å². The van der Waals surface area contributed by atoms with Gasteiger partial charge in [0.1, 0.15) is 0 Å². The number of benzene rings is 1. The Bertz CT molecular complexity index is 755. The predicted molar refractivity (Wildman–Crippen MR) is 101 cm³/mol. The van der Waals surface area contributed by atoms with E-state index < -0.39 is 0 Å². The monoisotopic (exact) mass is 419 g/mol. The molecule has 1 heterocycles. The van der Waals surface area contributed by atoms with Gasteiger partial charge < -0.3 is 4.74 Å². The molecule has 0 fully saturated rings. The van der Waals surface area contributed by atoms with Gasteiger partial charge in [0.15, 0.2) is 4.34 Å². The van der Waals surface area contributed by atoms with Crippen molar-refractivity contribution < 1.29 is 14.3 Å². The second-order valence-electron chi connectivity index (χ2n) is 4.71. The fourth-order valence-corrected chi connectivity index (χ4v) is 4.02.